The fourth-order valence-electron chi connectivity index (χ4n) is 0.428. The number of rotatable bonds is 2. The molecule has 0 unspecified atom stereocenters. The number of alkyl halides is 1. The molecule has 0 aromatic rings. The number of ether oxygens (including phenoxy) is 1. The lowest BCUT2D eigenvalue weighted by atomic mass is 10.2. The molecule has 0 N–H and O–H groups in total. The van der Waals surface area contributed by atoms with E-state index in [1.807, 2.05) is 6.92 Å². The van der Waals surface area contributed by atoms with Gasteiger partial charge in [-0.1, -0.05) is 21.5 Å². The molecule has 0 bridgehead atoms. The quantitative estimate of drug-likeness (QED) is 0.392. The Morgan fingerprint density at radius 1 is 1.50 bits per heavy atom. The molecule has 2 nitrogen and oxygen atoms in total. The van der Waals surface area contributed by atoms with Gasteiger partial charge in [-0.15, -0.1) is 0 Å². The number of methoxy groups -OCH3 is 1. The lowest BCUT2D eigenvalue weighted by molar-refractivity contribution is -0.136. The van der Waals surface area contributed by atoms with Crippen molar-refractivity contribution in [3.63, 3.8) is 0 Å². The first-order valence-corrected chi connectivity index (χ1v) is 4.06. The summed E-state index contributed by atoms with van der Waals surface area (Å²) in [5.41, 5.74) is 1.69. The number of hydrogen-bond acceptors (Lipinski definition) is 2. The van der Waals surface area contributed by atoms with E-state index < -0.39 is 0 Å². The third kappa shape index (κ3) is 2.52. The van der Waals surface area contributed by atoms with E-state index in [0.717, 1.165) is 5.57 Å². The first-order valence-electron chi connectivity index (χ1n) is 2.94. The molecule has 10 heavy (non-hydrogen) atoms. The standard InChI is InChI=1S/C7H11BrO2/c1-5(4-8)6(2)7(9)10-3/h4H2,1-3H3/b6-5-. The first-order chi connectivity index (χ1) is 4.63. The molecule has 58 valence electrons. The van der Waals surface area contributed by atoms with E-state index in [-0.39, 0.29) is 5.97 Å². The van der Waals surface area contributed by atoms with Gasteiger partial charge in [0.2, 0.25) is 0 Å². The molecule has 0 saturated heterocycles. The molecule has 0 radical (unpaired) electrons. The van der Waals surface area contributed by atoms with Crippen LogP contribution in [-0.2, 0) is 9.53 Å². The van der Waals surface area contributed by atoms with Crippen molar-refractivity contribution in [3.8, 4) is 0 Å². The van der Waals surface area contributed by atoms with Gasteiger partial charge in [-0.05, 0) is 13.8 Å². The largest absolute Gasteiger partial charge is 0.466 e. The minimum Gasteiger partial charge on any atom is -0.466 e. The third-order valence-corrected chi connectivity index (χ3v) is 2.17. The Morgan fingerprint density at radius 2 is 2.00 bits per heavy atom. The Bertz CT molecular complexity index is 161. The van der Waals surface area contributed by atoms with Gasteiger partial charge in [-0.25, -0.2) is 4.79 Å². The molecule has 0 aromatic carbocycles. The Hall–Kier alpha value is -0.310. The van der Waals surface area contributed by atoms with E-state index in [0.29, 0.717) is 10.9 Å². The second-order valence-corrected chi connectivity index (χ2v) is 2.59. The topological polar surface area (TPSA) is 26.3 Å². The van der Waals surface area contributed by atoms with Gasteiger partial charge in [0.05, 0.1) is 7.11 Å². The van der Waals surface area contributed by atoms with Gasteiger partial charge >= 0.3 is 5.97 Å². The second-order valence-electron chi connectivity index (χ2n) is 2.03. The Morgan fingerprint density at radius 3 is 2.30 bits per heavy atom. The Labute approximate surface area is 69.4 Å². The molecule has 0 aromatic heterocycles. The molecule has 0 fully saturated rings. The van der Waals surface area contributed by atoms with Crippen LogP contribution in [-0.4, -0.2) is 18.4 Å². The summed E-state index contributed by atoms with van der Waals surface area (Å²) < 4.78 is 4.52. The van der Waals surface area contributed by atoms with Crippen LogP contribution in [0.5, 0.6) is 0 Å². The summed E-state index contributed by atoms with van der Waals surface area (Å²) in [6, 6.07) is 0. The van der Waals surface area contributed by atoms with Gasteiger partial charge in [0, 0.05) is 10.9 Å². The van der Waals surface area contributed by atoms with Crippen LogP contribution in [0.4, 0.5) is 0 Å². The maximum atomic E-state index is 10.8. The van der Waals surface area contributed by atoms with Crippen molar-refractivity contribution in [1.82, 2.24) is 0 Å². The number of hydrogen-bond donors (Lipinski definition) is 0. The molecule has 3 heteroatoms. The number of carbonyl (C=O) groups is 1. The lowest BCUT2D eigenvalue weighted by Gasteiger charge is -2.01. The molecule has 0 rings (SSSR count). The molecule has 0 aliphatic carbocycles. The highest BCUT2D eigenvalue weighted by Crippen LogP contribution is 2.07. The van der Waals surface area contributed by atoms with Crippen molar-refractivity contribution in [2.24, 2.45) is 0 Å². The minimum atomic E-state index is -0.253. The van der Waals surface area contributed by atoms with Crippen LogP contribution in [0.1, 0.15) is 13.8 Å². The summed E-state index contributed by atoms with van der Waals surface area (Å²) in [6.45, 7) is 3.64. The van der Waals surface area contributed by atoms with Crippen LogP contribution in [0.2, 0.25) is 0 Å². The number of carbonyl (C=O) groups excluding carboxylic acids is 1. The SMILES string of the molecule is COC(=O)/C(C)=C(/C)CBr. The highest BCUT2D eigenvalue weighted by molar-refractivity contribution is 9.09. The van der Waals surface area contributed by atoms with Crippen molar-refractivity contribution in [3.05, 3.63) is 11.1 Å². The molecule has 0 aliphatic heterocycles. The molecule has 0 spiro atoms. The molecule has 0 atom stereocenters. The van der Waals surface area contributed by atoms with Crippen LogP contribution in [0.25, 0.3) is 0 Å². The fourth-order valence-corrected chi connectivity index (χ4v) is 0.848. The van der Waals surface area contributed by atoms with E-state index in [1.54, 1.807) is 6.92 Å². The lowest BCUT2D eigenvalue weighted by Crippen LogP contribution is -2.04. The monoisotopic (exact) mass is 206 g/mol. The Kier molecular flexibility index (Phi) is 4.36. The van der Waals surface area contributed by atoms with Gasteiger partial charge in [0.1, 0.15) is 0 Å². The third-order valence-electron chi connectivity index (χ3n) is 1.33. The number of esters is 1. The van der Waals surface area contributed by atoms with Gasteiger partial charge < -0.3 is 4.74 Å². The number of halogens is 1. The number of allylic oxidation sites excluding steroid dienone is 1. The molecule has 0 heterocycles. The van der Waals surface area contributed by atoms with Crippen molar-refractivity contribution in [1.29, 1.82) is 0 Å². The van der Waals surface area contributed by atoms with Crippen LogP contribution in [0.3, 0.4) is 0 Å². The summed E-state index contributed by atoms with van der Waals surface area (Å²) in [7, 11) is 1.38. The van der Waals surface area contributed by atoms with Crippen molar-refractivity contribution >= 4 is 21.9 Å². The molecule has 0 aliphatic rings. The van der Waals surface area contributed by atoms with Crippen LogP contribution in [0.15, 0.2) is 11.1 Å². The smallest absolute Gasteiger partial charge is 0.333 e. The van der Waals surface area contributed by atoms with Crippen LogP contribution >= 0.6 is 15.9 Å². The van der Waals surface area contributed by atoms with Crippen molar-refractivity contribution < 1.29 is 9.53 Å². The van der Waals surface area contributed by atoms with Crippen molar-refractivity contribution in [2.75, 3.05) is 12.4 Å². The van der Waals surface area contributed by atoms with E-state index in [1.165, 1.54) is 7.11 Å². The average molecular weight is 207 g/mol. The summed E-state index contributed by atoms with van der Waals surface area (Å²) in [5.74, 6) is -0.253. The maximum absolute atomic E-state index is 10.8. The van der Waals surface area contributed by atoms with Crippen LogP contribution in [0, 0.1) is 0 Å². The van der Waals surface area contributed by atoms with Gasteiger partial charge in [0.25, 0.3) is 0 Å². The normalized spacial score (nSPS) is 12.4. The van der Waals surface area contributed by atoms with E-state index in [2.05, 4.69) is 20.7 Å². The van der Waals surface area contributed by atoms with E-state index in [9.17, 15) is 4.79 Å². The van der Waals surface area contributed by atoms with E-state index in [4.69, 9.17) is 0 Å². The molecule has 0 amide bonds. The minimum absolute atomic E-state index is 0.253. The summed E-state index contributed by atoms with van der Waals surface area (Å²) >= 11 is 3.25. The van der Waals surface area contributed by atoms with Gasteiger partial charge in [0.15, 0.2) is 0 Å². The van der Waals surface area contributed by atoms with Gasteiger partial charge in [-0.2, -0.15) is 0 Å². The van der Waals surface area contributed by atoms with Crippen molar-refractivity contribution in [2.45, 2.75) is 13.8 Å². The Balaban J connectivity index is 4.30. The highest BCUT2D eigenvalue weighted by Gasteiger charge is 2.05. The predicted molar refractivity (Wildman–Crippen MR) is 44.2 cm³/mol. The first kappa shape index (κ1) is 9.69. The van der Waals surface area contributed by atoms with Crippen LogP contribution < -0.4 is 0 Å². The zero-order chi connectivity index (χ0) is 8.15. The molecular weight excluding hydrogens is 196 g/mol. The highest BCUT2D eigenvalue weighted by atomic mass is 79.9. The summed E-state index contributed by atoms with van der Waals surface area (Å²) in [6.07, 6.45) is 0. The summed E-state index contributed by atoms with van der Waals surface area (Å²) in [4.78, 5) is 10.8. The fraction of sp³-hybridized carbons (Fsp3) is 0.571. The summed E-state index contributed by atoms with van der Waals surface area (Å²) in [5, 5.41) is 0.716. The van der Waals surface area contributed by atoms with E-state index >= 15 is 0 Å². The zero-order valence-electron chi connectivity index (χ0n) is 6.40. The molecule has 0 saturated carbocycles. The second kappa shape index (κ2) is 4.50. The maximum Gasteiger partial charge on any atom is 0.333 e. The zero-order valence-corrected chi connectivity index (χ0v) is 7.99. The predicted octanol–water partition coefficient (Wildman–Crippen LogP) is 1.89. The average Bonchev–Trinajstić information content (AvgIpc) is 2.00. The van der Waals surface area contributed by atoms with Gasteiger partial charge in [-0.3, -0.25) is 0 Å². The molecular formula is C7H11BrO2.